The van der Waals surface area contributed by atoms with Crippen molar-refractivity contribution in [2.75, 3.05) is 0 Å². The third-order valence-electron chi connectivity index (χ3n) is 11.2. The second-order valence-corrected chi connectivity index (χ2v) is 17.1. The van der Waals surface area contributed by atoms with Crippen LogP contribution in [0.5, 0.6) is 5.75 Å². The normalized spacial score (nSPS) is 12.2. The third kappa shape index (κ3) is 6.20. The van der Waals surface area contributed by atoms with E-state index < -0.39 is 0 Å². The van der Waals surface area contributed by atoms with Crippen molar-refractivity contribution in [3.8, 4) is 50.7 Å². The van der Waals surface area contributed by atoms with Gasteiger partial charge >= 0.3 is 0 Å². The van der Waals surface area contributed by atoms with Crippen LogP contribution >= 0.6 is 0 Å². The van der Waals surface area contributed by atoms with Gasteiger partial charge in [-0.2, -0.15) is 0 Å². The number of rotatable bonds is 4. The summed E-state index contributed by atoms with van der Waals surface area (Å²) in [6.45, 7) is 12.9. The number of furan rings is 1. The van der Waals surface area contributed by atoms with Crippen molar-refractivity contribution in [1.82, 2.24) is 9.97 Å². The summed E-state index contributed by atoms with van der Waals surface area (Å²) in [4.78, 5) is 10.1. The van der Waals surface area contributed by atoms with Gasteiger partial charge in [-0.15, -0.1) is 12.1 Å². The minimum absolute atomic E-state index is 0. The first-order valence-corrected chi connectivity index (χ1v) is 19.5. The van der Waals surface area contributed by atoms with Gasteiger partial charge in [0.1, 0.15) is 16.9 Å². The molecule has 6 heteroatoms. The predicted molar refractivity (Wildman–Crippen MR) is 234 cm³/mol. The topological polar surface area (TPSA) is 72.3 Å². The summed E-state index contributed by atoms with van der Waals surface area (Å²) in [7, 11) is 0. The first-order chi connectivity index (χ1) is 27.4. The van der Waals surface area contributed by atoms with E-state index in [-0.39, 0.29) is 37.6 Å². The van der Waals surface area contributed by atoms with E-state index in [1.807, 2.05) is 54.7 Å². The Hall–Kier alpha value is -6.03. The van der Waals surface area contributed by atoms with Gasteiger partial charge in [-0.25, -0.2) is 4.98 Å². The standard InChI is InChI=1S/C52H41N2O3.Pt/c1-51(2,3)35-28-41(47(55)42(29-35)52(4,5)6)50-54-46-37(17-12-18-44(46)56-50)39-25-34(43-27-33(23-24-53-43)30-13-8-7-9-14-30)26-40-38-22-21-32-20-19-31-15-10-11-16-36(31)45(32)49(38)57-48(39)40;/h7-24,26-29,55H,1-6H3;/q-1;. The second kappa shape index (κ2) is 13.8. The molecule has 0 unspecified atom stereocenters. The summed E-state index contributed by atoms with van der Waals surface area (Å²) in [6.07, 6.45) is 1.86. The number of phenols is 1. The molecule has 0 aliphatic rings. The fourth-order valence-corrected chi connectivity index (χ4v) is 8.15. The molecular formula is C52H41N2O3Pt-. The maximum absolute atomic E-state index is 11.8. The van der Waals surface area contributed by atoms with Crippen molar-refractivity contribution in [2.45, 2.75) is 52.4 Å². The first kappa shape index (κ1) is 37.5. The van der Waals surface area contributed by atoms with E-state index in [0.717, 1.165) is 82.5 Å². The van der Waals surface area contributed by atoms with Gasteiger partial charge in [0.05, 0.1) is 16.7 Å². The molecule has 58 heavy (non-hydrogen) atoms. The van der Waals surface area contributed by atoms with Crippen molar-refractivity contribution in [3.63, 3.8) is 0 Å². The summed E-state index contributed by atoms with van der Waals surface area (Å²) in [5.74, 6) is 0.540. The zero-order valence-corrected chi connectivity index (χ0v) is 35.4. The molecule has 0 aliphatic carbocycles. The first-order valence-electron chi connectivity index (χ1n) is 19.5. The predicted octanol–water partition coefficient (Wildman–Crippen LogP) is 14.2. The van der Waals surface area contributed by atoms with E-state index in [1.165, 1.54) is 0 Å². The Kier molecular flexibility index (Phi) is 8.94. The van der Waals surface area contributed by atoms with Crippen LogP contribution < -0.4 is 0 Å². The minimum atomic E-state index is -0.305. The van der Waals surface area contributed by atoms with E-state index in [1.54, 1.807) is 0 Å². The molecule has 0 amide bonds. The zero-order chi connectivity index (χ0) is 39.2. The number of oxazole rings is 1. The molecule has 0 radical (unpaired) electrons. The summed E-state index contributed by atoms with van der Waals surface area (Å²) < 4.78 is 13.6. The number of aromatic hydroxyl groups is 1. The van der Waals surface area contributed by atoms with Gasteiger partial charge in [-0.3, -0.25) is 4.98 Å². The average molecular weight is 937 g/mol. The number of nitrogens with zero attached hydrogens (tertiary/aromatic N) is 2. The van der Waals surface area contributed by atoms with Gasteiger partial charge in [0, 0.05) is 49.3 Å². The Morgan fingerprint density at radius 3 is 2.16 bits per heavy atom. The Bertz CT molecular complexity index is 3220. The number of hydrogen-bond acceptors (Lipinski definition) is 5. The summed E-state index contributed by atoms with van der Waals surface area (Å²) in [6, 6.07) is 47.6. The largest absolute Gasteiger partial charge is 0.507 e. The monoisotopic (exact) mass is 936 g/mol. The summed E-state index contributed by atoms with van der Waals surface area (Å²) in [5, 5.41) is 18.2. The van der Waals surface area contributed by atoms with Gasteiger partial charge < -0.3 is 13.9 Å². The van der Waals surface area contributed by atoms with Crippen molar-refractivity contribution in [3.05, 3.63) is 151 Å². The van der Waals surface area contributed by atoms with Crippen LogP contribution in [-0.4, -0.2) is 15.1 Å². The number of fused-ring (bicyclic) bond motifs is 8. The van der Waals surface area contributed by atoms with Crippen LogP contribution in [-0.2, 0) is 31.9 Å². The Morgan fingerprint density at radius 2 is 1.36 bits per heavy atom. The van der Waals surface area contributed by atoms with Crippen LogP contribution in [0.25, 0.3) is 99.5 Å². The number of aromatic nitrogens is 2. The van der Waals surface area contributed by atoms with Gasteiger partial charge in [-0.1, -0.05) is 156 Å². The Morgan fingerprint density at radius 1 is 0.603 bits per heavy atom. The van der Waals surface area contributed by atoms with Crippen LogP contribution in [0.3, 0.4) is 0 Å². The molecule has 288 valence electrons. The molecular weight excluding hydrogens is 896 g/mol. The molecule has 3 heterocycles. The van der Waals surface area contributed by atoms with Crippen LogP contribution in [0.4, 0.5) is 0 Å². The van der Waals surface area contributed by atoms with Crippen LogP contribution in [0.2, 0.25) is 0 Å². The van der Waals surface area contributed by atoms with Crippen LogP contribution in [0.15, 0.2) is 142 Å². The molecule has 0 aliphatic heterocycles. The smallest absolute Gasteiger partial charge is 0.230 e. The van der Waals surface area contributed by atoms with E-state index >= 15 is 0 Å². The molecule has 10 aromatic rings. The second-order valence-electron chi connectivity index (χ2n) is 17.1. The van der Waals surface area contributed by atoms with Gasteiger partial charge in [0.15, 0.2) is 0 Å². The van der Waals surface area contributed by atoms with Gasteiger partial charge in [0.25, 0.3) is 0 Å². The number of benzene rings is 7. The molecule has 5 nitrogen and oxygen atoms in total. The SMILES string of the molecule is CC(C)(C)c1cc(-c2nc3c(-c4[c-]c(-c5cc(-c6ccccc6)ccn5)cc5c4oc4c5ccc5ccc6ccccc6c54)cccc3o2)c(O)c(C(C)(C)C)c1.[Pt]. The molecule has 1 N–H and O–H groups in total. The molecule has 7 aromatic carbocycles. The Labute approximate surface area is 351 Å². The van der Waals surface area contributed by atoms with E-state index in [2.05, 4.69) is 126 Å². The number of phenolic OH excluding ortho intramolecular Hbond substituents is 1. The third-order valence-corrected chi connectivity index (χ3v) is 11.2. The van der Waals surface area contributed by atoms with Crippen molar-refractivity contribution >= 4 is 54.6 Å². The fourth-order valence-electron chi connectivity index (χ4n) is 8.15. The fraction of sp³-hybridized carbons (Fsp3) is 0.154. The maximum Gasteiger partial charge on any atom is 0.230 e. The quantitative estimate of drug-likeness (QED) is 0.141. The van der Waals surface area contributed by atoms with Crippen molar-refractivity contribution in [1.29, 1.82) is 0 Å². The molecule has 0 saturated carbocycles. The molecule has 0 spiro atoms. The molecule has 0 fully saturated rings. The maximum atomic E-state index is 11.8. The molecule has 0 bridgehead atoms. The van der Waals surface area contributed by atoms with E-state index in [9.17, 15) is 5.11 Å². The molecule has 0 saturated heterocycles. The molecule has 10 rings (SSSR count). The van der Waals surface area contributed by atoms with Gasteiger partial charge in [-0.05, 0) is 72.8 Å². The number of pyridine rings is 1. The average Bonchev–Trinajstić information content (AvgIpc) is 3.82. The van der Waals surface area contributed by atoms with E-state index in [4.69, 9.17) is 18.8 Å². The molecule has 3 aromatic heterocycles. The van der Waals surface area contributed by atoms with E-state index in [0.29, 0.717) is 28.1 Å². The van der Waals surface area contributed by atoms with Crippen LogP contribution in [0.1, 0.15) is 52.7 Å². The van der Waals surface area contributed by atoms with Crippen molar-refractivity contribution in [2.24, 2.45) is 0 Å². The summed E-state index contributed by atoms with van der Waals surface area (Å²) in [5.41, 5.74) is 10.2. The summed E-state index contributed by atoms with van der Waals surface area (Å²) >= 11 is 0. The van der Waals surface area contributed by atoms with Gasteiger partial charge in [0.2, 0.25) is 5.89 Å². The zero-order valence-electron chi connectivity index (χ0n) is 33.2. The minimum Gasteiger partial charge on any atom is -0.507 e. The van der Waals surface area contributed by atoms with Crippen molar-refractivity contribution < 1.29 is 35.0 Å². The van der Waals surface area contributed by atoms with Crippen LogP contribution in [0, 0.1) is 6.07 Å². The Balaban J connectivity index is 0.00000436. The number of hydrogen-bond donors (Lipinski definition) is 1. The molecule has 0 atom stereocenters. The number of para-hydroxylation sites is 1.